The number of aliphatic hydroxyl groups excluding tert-OH is 2. The van der Waals surface area contributed by atoms with E-state index in [0.717, 1.165) is 70.3 Å². The van der Waals surface area contributed by atoms with E-state index < -0.39 is 24.2 Å². The molecule has 2 bridgehead atoms. The summed E-state index contributed by atoms with van der Waals surface area (Å²) >= 11 is 0. The third-order valence-electron chi connectivity index (χ3n) is 15.7. The van der Waals surface area contributed by atoms with Crippen molar-refractivity contribution in [2.45, 2.75) is 160 Å². The summed E-state index contributed by atoms with van der Waals surface area (Å²) in [5, 5.41) is 30.1. The van der Waals surface area contributed by atoms with Crippen LogP contribution in [0.1, 0.15) is 124 Å². The van der Waals surface area contributed by atoms with Gasteiger partial charge in [0.05, 0.1) is 18.8 Å². The number of aliphatic hydroxyl groups is 2. The molecule has 7 rings (SSSR count). The normalized spacial score (nSPS) is 40.3. The number of carbonyl (C=O) groups is 2. The lowest BCUT2D eigenvalue weighted by Gasteiger charge is -2.62. The molecule has 304 valence electrons. The second-order valence-corrected chi connectivity index (χ2v) is 19.6. The molecule has 1 saturated heterocycles. The summed E-state index contributed by atoms with van der Waals surface area (Å²) in [6, 6.07) is -0.379. The van der Waals surface area contributed by atoms with Gasteiger partial charge in [-0.15, -0.1) is 0 Å². The predicted octanol–water partition coefficient (Wildman–Crippen LogP) is 5.40. The molecule has 1 aliphatic heterocycles. The van der Waals surface area contributed by atoms with Crippen LogP contribution in [0.25, 0.3) is 0 Å². The summed E-state index contributed by atoms with van der Waals surface area (Å²) in [6.45, 7) is 9.88. The minimum Gasteiger partial charge on any atom is -0.394 e. The predicted molar refractivity (Wildman–Crippen MR) is 207 cm³/mol. The molecule has 14 atom stereocenters. The van der Waals surface area contributed by atoms with E-state index >= 15 is 0 Å². The monoisotopic (exact) mass is 745 g/mol. The lowest BCUT2D eigenvalue weighted by Crippen LogP contribution is -2.62. The highest BCUT2D eigenvalue weighted by Crippen LogP contribution is 2.61. The van der Waals surface area contributed by atoms with Gasteiger partial charge >= 0.3 is 0 Å². The molecule has 5 unspecified atom stereocenters. The minimum atomic E-state index is -0.813. The number of carbonyl (C=O) groups excluding carboxylic acids is 2. The first kappa shape index (κ1) is 41.3. The second kappa shape index (κ2) is 17.9. The summed E-state index contributed by atoms with van der Waals surface area (Å²) < 4.78 is 6.38. The van der Waals surface area contributed by atoms with E-state index in [4.69, 9.17) is 9.57 Å². The van der Waals surface area contributed by atoms with Gasteiger partial charge in [0.25, 0.3) is 0 Å². The molecule has 0 aromatic carbocycles. The van der Waals surface area contributed by atoms with Crippen LogP contribution in [0.3, 0.4) is 0 Å². The Bertz CT molecular complexity index is 1210. The number of nitrogens with one attached hydrogen (secondary N) is 2. The van der Waals surface area contributed by atoms with E-state index in [1.54, 1.807) is 12.0 Å². The number of likely N-dealkylation sites (N-methyl/N-ethyl adjacent to an activating group) is 1. The number of fused-ring (bicyclic) bond motifs is 2. The van der Waals surface area contributed by atoms with Crippen molar-refractivity contribution >= 4 is 11.8 Å². The topological polar surface area (TPSA) is 124 Å². The molecule has 6 aliphatic carbocycles. The molecular formula is C43H76N4O6. The van der Waals surface area contributed by atoms with Gasteiger partial charge in [0.2, 0.25) is 11.8 Å². The minimum absolute atomic E-state index is 0.0125. The van der Waals surface area contributed by atoms with Crippen molar-refractivity contribution in [3.63, 3.8) is 0 Å². The van der Waals surface area contributed by atoms with Crippen LogP contribution in [0, 0.1) is 58.7 Å². The molecule has 10 nitrogen and oxygen atoms in total. The summed E-state index contributed by atoms with van der Waals surface area (Å²) in [5.41, 5.74) is 0.325. The van der Waals surface area contributed by atoms with Gasteiger partial charge in [-0.2, -0.15) is 5.06 Å². The maximum atomic E-state index is 14.3. The Morgan fingerprint density at radius 3 is 2.36 bits per heavy atom. The maximum absolute atomic E-state index is 14.3. The van der Waals surface area contributed by atoms with Gasteiger partial charge in [-0.3, -0.25) is 14.4 Å². The van der Waals surface area contributed by atoms with E-state index in [9.17, 15) is 19.8 Å². The zero-order chi connectivity index (χ0) is 38.0. The summed E-state index contributed by atoms with van der Waals surface area (Å²) in [6.07, 6.45) is 15.6. The first-order chi connectivity index (χ1) is 25.3. The van der Waals surface area contributed by atoms with Crippen LogP contribution < -0.4 is 10.6 Å². The van der Waals surface area contributed by atoms with Crippen LogP contribution in [-0.2, 0) is 19.2 Å². The highest BCUT2D eigenvalue weighted by molar-refractivity contribution is 5.83. The maximum Gasteiger partial charge on any atom is 0.240 e. The first-order valence-corrected chi connectivity index (χ1v) is 21.8. The summed E-state index contributed by atoms with van der Waals surface area (Å²) in [5.74, 6) is 2.87. The molecule has 2 amide bonds. The quantitative estimate of drug-likeness (QED) is 0.187. The SMILES string of the molecule is COC1C(CN2O[C@@H](CO)[C@@H]([C@H](C)O)[C@H]2C(=O)N[C@@H]2C[C@H]3C[C@@H]([C@@H]2C)C3(C)C)CCCC1C1CCCC(C(=O)N[C@H](CC2CCCCC2)CN(C)C)C1. The Morgan fingerprint density at radius 2 is 1.72 bits per heavy atom. The number of nitrogens with zero attached hydrogens (tertiary/aromatic N) is 2. The van der Waals surface area contributed by atoms with Crippen LogP contribution in [0.2, 0.25) is 0 Å². The van der Waals surface area contributed by atoms with E-state index in [2.05, 4.69) is 50.4 Å². The van der Waals surface area contributed by atoms with Crippen molar-refractivity contribution in [3.05, 3.63) is 0 Å². The van der Waals surface area contributed by atoms with Gasteiger partial charge in [-0.05, 0) is 107 Å². The van der Waals surface area contributed by atoms with Crippen LogP contribution in [0.4, 0.5) is 0 Å². The number of rotatable bonds is 14. The average molecular weight is 745 g/mol. The van der Waals surface area contributed by atoms with Gasteiger partial charge in [0, 0.05) is 50.0 Å². The fourth-order valence-electron chi connectivity index (χ4n) is 12.7. The number of amides is 2. The highest BCUT2D eigenvalue weighted by Gasteiger charge is 2.58. The van der Waals surface area contributed by atoms with Gasteiger partial charge in [0.15, 0.2) is 0 Å². The molecule has 10 heteroatoms. The smallest absolute Gasteiger partial charge is 0.240 e. The van der Waals surface area contributed by atoms with Crippen molar-refractivity contribution in [3.8, 4) is 0 Å². The van der Waals surface area contributed by atoms with Gasteiger partial charge in [-0.25, -0.2) is 0 Å². The molecule has 53 heavy (non-hydrogen) atoms. The lowest BCUT2D eigenvalue weighted by molar-refractivity contribution is -0.193. The van der Waals surface area contributed by atoms with Crippen LogP contribution >= 0.6 is 0 Å². The molecule has 6 saturated carbocycles. The molecule has 0 aromatic heterocycles. The largest absolute Gasteiger partial charge is 0.394 e. The molecule has 4 N–H and O–H groups in total. The third-order valence-corrected chi connectivity index (χ3v) is 15.7. The first-order valence-electron chi connectivity index (χ1n) is 21.8. The van der Waals surface area contributed by atoms with E-state index in [0.29, 0.717) is 41.5 Å². The fourth-order valence-corrected chi connectivity index (χ4v) is 12.7. The van der Waals surface area contributed by atoms with Crippen LogP contribution in [-0.4, -0.2) is 109 Å². The highest BCUT2D eigenvalue weighted by atomic mass is 16.7. The number of methoxy groups -OCH3 is 1. The lowest BCUT2D eigenvalue weighted by atomic mass is 9.45. The van der Waals surface area contributed by atoms with Gasteiger partial charge in [0.1, 0.15) is 12.1 Å². The standard InChI is InChI=1S/C43H76N4O6/c1-26-35-21-32(43(35,3)4)22-36(26)45-42(51)39-38(27(2)49)37(25-48)53-47(39)23-31-17-12-18-34(40(31)52-7)29-15-11-16-30(20-29)41(50)44-33(24-46(5)6)19-28-13-9-8-10-14-28/h26-40,48-49H,8-25H2,1-7H3,(H,44,50)(H,45,51)/t26-,27-,29?,30?,31?,32+,33+,34?,35-,36+,37-,38+,39-,40?/m0/s1. The molecule has 0 aromatic rings. The van der Waals surface area contributed by atoms with Crippen LogP contribution in [0.15, 0.2) is 0 Å². The van der Waals surface area contributed by atoms with Crippen molar-refractivity contribution in [2.24, 2.45) is 58.7 Å². The van der Waals surface area contributed by atoms with Crippen molar-refractivity contribution in [2.75, 3.05) is 40.9 Å². The fraction of sp³-hybridized carbons (Fsp3) is 0.953. The van der Waals surface area contributed by atoms with Gasteiger partial charge < -0.3 is 30.5 Å². The van der Waals surface area contributed by atoms with E-state index in [1.165, 1.54) is 38.5 Å². The Balaban J connectivity index is 1.11. The molecule has 7 aliphatic rings. The number of hydroxylamine groups is 2. The Morgan fingerprint density at radius 1 is 0.981 bits per heavy atom. The summed E-state index contributed by atoms with van der Waals surface area (Å²) in [4.78, 5) is 36.8. The second-order valence-electron chi connectivity index (χ2n) is 19.6. The Kier molecular flexibility index (Phi) is 13.9. The third kappa shape index (κ3) is 9.14. The Hall–Kier alpha value is -1.30. The van der Waals surface area contributed by atoms with Crippen molar-refractivity contribution < 1.29 is 29.4 Å². The number of ether oxygens (including phenoxy) is 1. The van der Waals surface area contributed by atoms with Crippen molar-refractivity contribution in [1.29, 1.82) is 0 Å². The molecule has 0 spiro atoms. The Labute approximate surface area is 321 Å². The molecule has 0 radical (unpaired) electrons. The van der Waals surface area contributed by atoms with E-state index in [1.807, 2.05) is 7.11 Å². The molecule has 1 heterocycles. The van der Waals surface area contributed by atoms with Crippen molar-refractivity contribution in [1.82, 2.24) is 20.6 Å². The zero-order valence-corrected chi connectivity index (χ0v) is 34.3. The zero-order valence-electron chi connectivity index (χ0n) is 34.3. The summed E-state index contributed by atoms with van der Waals surface area (Å²) in [7, 11) is 6.04. The average Bonchev–Trinajstić information content (AvgIpc) is 3.51. The number of hydrogen-bond donors (Lipinski definition) is 4. The van der Waals surface area contributed by atoms with Crippen LogP contribution in [0.5, 0.6) is 0 Å². The van der Waals surface area contributed by atoms with E-state index in [-0.39, 0.29) is 48.4 Å². The molecular weight excluding hydrogens is 668 g/mol. The van der Waals surface area contributed by atoms with Gasteiger partial charge in [-0.1, -0.05) is 72.1 Å². The number of hydrogen-bond acceptors (Lipinski definition) is 8. The molecule has 7 fully saturated rings.